The average Bonchev–Trinajstić information content (AvgIpc) is 2.68. The van der Waals surface area contributed by atoms with Crippen molar-refractivity contribution < 1.29 is 13.9 Å². The molecule has 0 amide bonds. The van der Waals surface area contributed by atoms with Gasteiger partial charge < -0.3 is 4.74 Å². The van der Waals surface area contributed by atoms with E-state index in [2.05, 4.69) is 16.9 Å². The van der Waals surface area contributed by atoms with Gasteiger partial charge in [0, 0.05) is 6.42 Å². The molecule has 5 heteroatoms. The Labute approximate surface area is 158 Å². The maximum absolute atomic E-state index is 14.7. The molecular formula is C22H25FN2O2. The molecule has 0 atom stereocenters. The number of fused-ring (bicyclic) bond motifs is 2. The lowest BCUT2D eigenvalue weighted by atomic mass is 10.1. The highest BCUT2D eigenvalue weighted by atomic mass is 19.1. The third-order valence-electron chi connectivity index (χ3n) is 4.62. The van der Waals surface area contributed by atoms with Crippen molar-refractivity contribution in [3.8, 4) is 5.75 Å². The lowest BCUT2D eigenvalue weighted by molar-refractivity contribution is -0.134. The van der Waals surface area contributed by atoms with Gasteiger partial charge >= 0.3 is 5.97 Å². The molecule has 4 nitrogen and oxygen atoms in total. The van der Waals surface area contributed by atoms with Gasteiger partial charge in [0.25, 0.3) is 0 Å². The number of ether oxygens (including phenoxy) is 1. The molecule has 2 aromatic carbocycles. The van der Waals surface area contributed by atoms with Crippen LogP contribution in [0.3, 0.4) is 0 Å². The van der Waals surface area contributed by atoms with Crippen LogP contribution in [-0.4, -0.2) is 15.9 Å². The topological polar surface area (TPSA) is 52.1 Å². The standard InChI is InChI=1S/C22H25FN2O2/c1-2-3-4-5-6-7-8-13-20(26)27-19-15-14-18-22(21(19)23)25-17-12-10-9-11-16(17)24-18/h9-12,14-15H,2-8,13H2,1H3. The van der Waals surface area contributed by atoms with Gasteiger partial charge in [0.05, 0.1) is 16.6 Å². The Morgan fingerprint density at radius 2 is 1.56 bits per heavy atom. The number of hydrogen-bond donors (Lipinski definition) is 0. The lowest BCUT2D eigenvalue weighted by Crippen LogP contribution is -2.09. The number of esters is 1. The van der Waals surface area contributed by atoms with Crippen LogP contribution in [-0.2, 0) is 4.79 Å². The van der Waals surface area contributed by atoms with E-state index in [9.17, 15) is 9.18 Å². The van der Waals surface area contributed by atoms with E-state index in [1.807, 2.05) is 18.2 Å². The van der Waals surface area contributed by atoms with Gasteiger partial charge in [0.15, 0.2) is 11.6 Å². The summed E-state index contributed by atoms with van der Waals surface area (Å²) in [5, 5.41) is 0. The first-order chi connectivity index (χ1) is 13.2. The highest BCUT2D eigenvalue weighted by Crippen LogP contribution is 2.26. The van der Waals surface area contributed by atoms with Crippen molar-refractivity contribution in [2.75, 3.05) is 0 Å². The fourth-order valence-electron chi connectivity index (χ4n) is 3.11. The smallest absolute Gasteiger partial charge is 0.311 e. The van der Waals surface area contributed by atoms with Crippen LogP contribution in [0.2, 0.25) is 0 Å². The van der Waals surface area contributed by atoms with Gasteiger partial charge in [-0.25, -0.2) is 14.4 Å². The molecule has 0 spiro atoms. The molecule has 3 aromatic rings. The Morgan fingerprint density at radius 1 is 0.889 bits per heavy atom. The van der Waals surface area contributed by atoms with Crippen LogP contribution in [0.4, 0.5) is 4.39 Å². The predicted molar refractivity (Wildman–Crippen MR) is 105 cm³/mol. The summed E-state index contributed by atoms with van der Waals surface area (Å²) in [5.74, 6) is -1.13. The average molecular weight is 368 g/mol. The van der Waals surface area contributed by atoms with Crippen LogP contribution in [0.1, 0.15) is 58.3 Å². The van der Waals surface area contributed by atoms with Crippen molar-refractivity contribution in [1.82, 2.24) is 9.97 Å². The summed E-state index contributed by atoms with van der Waals surface area (Å²) >= 11 is 0. The van der Waals surface area contributed by atoms with E-state index in [4.69, 9.17) is 4.74 Å². The zero-order valence-electron chi connectivity index (χ0n) is 15.7. The van der Waals surface area contributed by atoms with E-state index in [-0.39, 0.29) is 11.3 Å². The molecule has 0 radical (unpaired) electrons. The van der Waals surface area contributed by atoms with Crippen molar-refractivity contribution in [2.45, 2.75) is 58.3 Å². The van der Waals surface area contributed by atoms with Gasteiger partial charge in [0.2, 0.25) is 0 Å². The second-order valence-electron chi connectivity index (χ2n) is 6.80. The Morgan fingerprint density at radius 3 is 2.30 bits per heavy atom. The second kappa shape index (κ2) is 9.40. The Balaban J connectivity index is 1.60. The summed E-state index contributed by atoms with van der Waals surface area (Å²) in [6.45, 7) is 2.19. The van der Waals surface area contributed by atoms with E-state index < -0.39 is 11.8 Å². The molecule has 0 saturated heterocycles. The third-order valence-corrected chi connectivity index (χ3v) is 4.62. The monoisotopic (exact) mass is 368 g/mol. The van der Waals surface area contributed by atoms with E-state index in [1.165, 1.54) is 31.7 Å². The third kappa shape index (κ3) is 5.00. The molecule has 0 aliphatic carbocycles. The van der Waals surface area contributed by atoms with Gasteiger partial charge in [-0.2, -0.15) is 0 Å². The number of nitrogens with zero attached hydrogens (tertiary/aromatic N) is 2. The van der Waals surface area contributed by atoms with Crippen LogP contribution >= 0.6 is 0 Å². The van der Waals surface area contributed by atoms with Gasteiger partial charge in [-0.15, -0.1) is 0 Å². The molecule has 0 aliphatic heterocycles. The summed E-state index contributed by atoms with van der Waals surface area (Å²) in [6.07, 6.45) is 8.13. The minimum Gasteiger partial charge on any atom is -0.423 e. The number of aromatic nitrogens is 2. The zero-order valence-corrected chi connectivity index (χ0v) is 15.7. The lowest BCUT2D eigenvalue weighted by Gasteiger charge is -2.08. The fraction of sp³-hybridized carbons (Fsp3) is 0.409. The molecule has 27 heavy (non-hydrogen) atoms. The fourth-order valence-corrected chi connectivity index (χ4v) is 3.11. The first-order valence-corrected chi connectivity index (χ1v) is 9.74. The maximum Gasteiger partial charge on any atom is 0.311 e. The first-order valence-electron chi connectivity index (χ1n) is 9.74. The van der Waals surface area contributed by atoms with Crippen LogP contribution in [0.25, 0.3) is 22.1 Å². The minimum atomic E-state index is -0.640. The SMILES string of the molecule is CCCCCCCCCC(=O)Oc1ccc2nc3ccccc3nc2c1F. The molecule has 0 unspecified atom stereocenters. The number of carbonyl (C=O) groups is 1. The van der Waals surface area contributed by atoms with E-state index in [1.54, 1.807) is 12.1 Å². The van der Waals surface area contributed by atoms with Crippen molar-refractivity contribution in [3.05, 3.63) is 42.2 Å². The molecule has 0 fully saturated rings. The summed E-state index contributed by atoms with van der Waals surface area (Å²) in [4.78, 5) is 20.8. The number of rotatable bonds is 9. The van der Waals surface area contributed by atoms with Gasteiger partial charge in [-0.1, -0.05) is 57.6 Å². The van der Waals surface area contributed by atoms with E-state index in [0.29, 0.717) is 23.0 Å². The first kappa shape index (κ1) is 19.2. The molecule has 1 aromatic heterocycles. The Kier molecular flexibility index (Phi) is 6.69. The molecule has 0 saturated carbocycles. The molecule has 142 valence electrons. The van der Waals surface area contributed by atoms with Crippen LogP contribution in [0.15, 0.2) is 36.4 Å². The van der Waals surface area contributed by atoms with Crippen molar-refractivity contribution >= 4 is 28.0 Å². The minimum absolute atomic E-state index is 0.0833. The largest absolute Gasteiger partial charge is 0.423 e. The summed E-state index contributed by atoms with van der Waals surface area (Å²) in [7, 11) is 0. The maximum atomic E-state index is 14.7. The summed E-state index contributed by atoms with van der Waals surface area (Å²) in [5.41, 5.74) is 1.87. The number of hydrogen-bond acceptors (Lipinski definition) is 4. The van der Waals surface area contributed by atoms with Gasteiger partial charge in [-0.05, 0) is 30.7 Å². The molecule has 0 aliphatic rings. The Bertz CT molecular complexity index is 927. The van der Waals surface area contributed by atoms with Crippen LogP contribution in [0.5, 0.6) is 5.75 Å². The van der Waals surface area contributed by atoms with E-state index >= 15 is 0 Å². The van der Waals surface area contributed by atoms with E-state index in [0.717, 1.165) is 19.3 Å². The highest BCUT2D eigenvalue weighted by molar-refractivity contribution is 5.87. The van der Waals surface area contributed by atoms with Crippen molar-refractivity contribution in [2.24, 2.45) is 0 Å². The molecule has 3 rings (SSSR count). The highest BCUT2D eigenvalue weighted by Gasteiger charge is 2.15. The summed E-state index contributed by atoms with van der Waals surface area (Å²) < 4.78 is 20.0. The quantitative estimate of drug-likeness (QED) is 0.202. The summed E-state index contributed by atoms with van der Waals surface area (Å²) in [6, 6.07) is 10.4. The molecule has 0 bridgehead atoms. The van der Waals surface area contributed by atoms with Crippen molar-refractivity contribution in [3.63, 3.8) is 0 Å². The normalized spacial score (nSPS) is 11.2. The zero-order chi connectivity index (χ0) is 19.1. The number of unbranched alkanes of at least 4 members (excludes halogenated alkanes) is 6. The number of halogens is 1. The number of carbonyl (C=O) groups excluding carboxylic acids is 1. The molecular weight excluding hydrogens is 343 g/mol. The number of para-hydroxylation sites is 2. The van der Waals surface area contributed by atoms with Crippen LogP contribution < -0.4 is 4.74 Å². The van der Waals surface area contributed by atoms with Gasteiger partial charge in [-0.3, -0.25) is 4.79 Å². The molecule has 1 heterocycles. The number of benzene rings is 2. The van der Waals surface area contributed by atoms with Crippen molar-refractivity contribution in [1.29, 1.82) is 0 Å². The predicted octanol–water partition coefficient (Wildman–Crippen LogP) is 5.97. The van der Waals surface area contributed by atoms with Crippen LogP contribution in [0, 0.1) is 5.82 Å². The molecule has 0 N–H and O–H groups in total. The Hall–Kier alpha value is -2.56. The second-order valence-corrected chi connectivity index (χ2v) is 6.80. The van der Waals surface area contributed by atoms with Gasteiger partial charge in [0.1, 0.15) is 5.52 Å².